The number of ether oxygens (including phenoxy) is 2. The van der Waals surface area contributed by atoms with E-state index in [1.54, 1.807) is 23.2 Å². The van der Waals surface area contributed by atoms with Crippen LogP contribution in [0.2, 0.25) is 0 Å². The summed E-state index contributed by atoms with van der Waals surface area (Å²) in [6.45, 7) is 2.67. The number of benzene rings is 1. The molecule has 0 aliphatic carbocycles. The molecule has 2 aliphatic rings. The van der Waals surface area contributed by atoms with E-state index >= 15 is 0 Å². The largest absolute Gasteiger partial charge is 0.459 e. The predicted molar refractivity (Wildman–Crippen MR) is 102 cm³/mol. The van der Waals surface area contributed by atoms with Gasteiger partial charge in [0.05, 0.1) is 12.5 Å². The highest BCUT2D eigenvalue weighted by molar-refractivity contribution is 5.91. The Kier molecular flexibility index (Phi) is 4.35. The van der Waals surface area contributed by atoms with E-state index in [0.717, 1.165) is 5.69 Å². The van der Waals surface area contributed by atoms with Gasteiger partial charge in [-0.05, 0) is 24.3 Å². The number of nitrogens with zero attached hydrogens (tertiary/aromatic N) is 5. The van der Waals surface area contributed by atoms with E-state index in [4.69, 9.17) is 13.9 Å². The molecule has 5 rings (SSSR count). The zero-order valence-corrected chi connectivity index (χ0v) is 15.4. The summed E-state index contributed by atoms with van der Waals surface area (Å²) in [7, 11) is 0. The van der Waals surface area contributed by atoms with Crippen LogP contribution >= 0.6 is 0 Å². The molecule has 0 unspecified atom stereocenters. The Labute approximate surface area is 166 Å². The number of rotatable bonds is 4. The molecule has 1 N–H and O–H groups in total. The van der Waals surface area contributed by atoms with Crippen LogP contribution in [0.5, 0.6) is 11.5 Å². The molecule has 0 saturated carbocycles. The van der Waals surface area contributed by atoms with Crippen LogP contribution in [-0.2, 0) is 0 Å². The first-order valence-electron chi connectivity index (χ1n) is 9.20. The van der Waals surface area contributed by atoms with Gasteiger partial charge in [0.2, 0.25) is 12.7 Å². The van der Waals surface area contributed by atoms with Crippen molar-refractivity contribution in [1.82, 2.24) is 20.1 Å². The highest BCUT2D eigenvalue weighted by atomic mass is 16.7. The van der Waals surface area contributed by atoms with Crippen molar-refractivity contribution in [2.75, 3.05) is 43.2 Å². The molecule has 148 valence electrons. The highest BCUT2D eigenvalue weighted by Gasteiger charge is 2.24. The lowest BCUT2D eigenvalue weighted by Gasteiger charge is -2.34. The normalized spacial score (nSPS) is 15.4. The number of carbonyl (C=O) groups excluding carboxylic acids is 1. The lowest BCUT2D eigenvalue weighted by Crippen LogP contribution is -2.49. The molecule has 1 fully saturated rings. The maximum Gasteiger partial charge on any atom is 0.289 e. The third kappa shape index (κ3) is 3.51. The molecule has 0 spiro atoms. The SMILES string of the molecule is O=C(c1ccco1)N1CCN(c2cnnc(Nc3ccc4c(c3)OCO4)n2)CC1. The van der Waals surface area contributed by atoms with Crippen molar-refractivity contribution in [3.8, 4) is 11.5 Å². The van der Waals surface area contributed by atoms with Crippen LogP contribution in [0.3, 0.4) is 0 Å². The van der Waals surface area contributed by atoms with Gasteiger partial charge in [0, 0.05) is 37.9 Å². The third-order valence-electron chi connectivity index (χ3n) is 4.80. The number of fused-ring (bicyclic) bond motifs is 1. The molecule has 3 aromatic rings. The van der Waals surface area contributed by atoms with Crippen LogP contribution in [0, 0.1) is 0 Å². The number of hydrogen-bond donors (Lipinski definition) is 1. The molecular weight excluding hydrogens is 376 g/mol. The van der Waals surface area contributed by atoms with Gasteiger partial charge in [-0.2, -0.15) is 10.1 Å². The Morgan fingerprint density at radius 3 is 2.76 bits per heavy atom. The van der Waals surface area contributed by atoms with Gasteiger partial charge in [-0.3, -0.25) is 4.79 Å². The molecule has 0 atom stereocenters. The summed E-state index contributed by atoms with van der Waals surface area (Å²) in [5, 5.41) is 11.2. The molecule has 1 aromatic carbocycles. The van der Waals surface area contributed by atoms with Crippen LogP contribution in [0.25, 0.3) is 0 Å². The van der Waals surface area contributed by atoms with Crippen LogP contribution < -0.4 is 19.7 Å². The Morgan fingerprint density at radius 1 is 1.07 bits per heavy atom. The summed E-state index contributed by atoms with van der Waals surface area (Å²) >= 11 is 0. The summed E-state index contributed by atoms with van der Waals surface area (Å²) in [5.74, 6) is 2.74. The smallest absolute Gasteiger partial charge is 0.289 e. The summed E-state index contributed by atoms with van der Waals surface area (Å²) in [6, 6.07) is 8.92. The zero-order valence-electron chi connectivity index (χ0n) is 15.4. The van der Waals surface area contributed by atoms with Gasteiger partial charge < -0.3 is 29.0 Å². The summed E-state index contributed by atoms with van der Waals surface area (Å²) in [4.78, 5) is 20.8. The van der Waals surface area contributed by atoms with Gasteiger partial charge in [0.15, 0.2) is 23.1 Å². The number of aromatic nitrogens is 3. The molecule has 0 bridgehead atoms. The minimum atomic E-state index is -0.0966. The second kappa shape index (κ2) is 7.30. The molecular formula is C19H18N6O4. The number of anilines is 3. The van der Waals surface area contributed by atoms with Crippen molar-refractivity contribution < 1.29 is 18.7 Å². The first kappa shape index (κ1) is 17.3. The van der Waals surface area contributed by atoms with Crippen LogP contribution in [0.4, 0.5) is 17.5 Å². The Hall–Kier alpha value is -3.82. The molecule has 2 aromatic heterocycles. The topological polar surface area (TPSA) is 106 Å². The predicted octanol–water partition coefficient (Wildman–Crippen LogP) is 1.90. The number of nitrogens with one attached hydrogen (secondary N) is 1. The second-order valence-electron chi connectivity index (χ2n) is 6.59. The fourth-order valence-corrected chi connectivity index (χ4v) is 3.30. The lowest BCUT2D eigenvalue weighted by atomic mass is 10.3. The van der Waals surface area contributed by atoms with Crippen LogP contribution in [0.15, 0.2) is 47.2 Å². The molecule has 0 radical (unpaired) electrons. The van der Waals surface area contributed by atoms with Crippen molar-refractivity contribution >= 4 is 23.4 Å². The van der Waals surface area contributed by atoms with Gasteiger partial charge in [0.1, 0.15) is 0 Å². The average Bonchev–Trinajstić information content (AvgIpc) is 3.45. The van der Waals surface area contributed by atoms with Crippen molar-refractivity contribution in [3.63, 3.8) is 0 Å². The Balaban J connectivity index is 1.24. The molecule has 29 heavy (non-hydrogen) atoms. The fraction of sp³-hybridized carbons (Fsp3) is 0.263. The van der Waals surface area contributed by atoms with E-state index < -0.39 is 0 Å². The van der Waals surface area contributed by atoms with Gasteiger partial charge in [-0.15, -0.1) is 5.10 Å². The molecule has 2 aliphatic heterocycles. The standard InChI is InChI=1S/C19H18N6O4/c26-18(15-2-1-9-27-15)25-7-5-24(6-8-25)17-11-20-23-19(22-17)21-13-3-4-14-16(10-13)29-12-28-14/h1-4,9-11H,5-8,12H2,(H,21,22,23). The monoisotopic (exact) mass is 394 g/mol. The van der Waals surface area contributed by atoms with Crippen molar-refractivity contribution in [2.24, 2.45) is 0 Å². The molecule has 1 amide bonds. The number of furan rings is 1. The first-order chi connectivity index (χ1) is 14.3. The highest BCUT2D eigenvalue weighted by Crippen LogP contribution is 2.34. The van der Waals surface area contributed by atoms with E-state index in [2.05, 4.69) is 25.4 Å². The quantitative estimate of drug-likeness (QED) is 0.710. The van der Waals surface area contributed by atoms with Crippen molar-refractivity contribution in [1.29, 1.82) is 0 Å². The minimum Gasteiger partial charge on any atom is -0.459 e. The van der Waals surface area contributed by atoms with E-state index in [9.17, 15) is 4.79 Å². The van der Waals surface area contributed by atoms with Gasteiger partial charge in [0.25, 0.3) is 5.91 Å². The fourth-order valence-electron chi connectivity index (χ4n) is 3.30. The second-order valence-corrected chi connectivity index (χ2v) is 6.59. The minimum absolute atomic E-state index is 0.0966. The average molecular weight is 394 g/mol. The summed E-state index contributed by atoms with van der Waals surface area (Å²) < 4.78 is 15.9. The van der Waals surface area contributed by atoms with Gasteiger partial charge >= 0.3 is 0 Å². The van der Waals surface area contributed by atoms with Gasteiger partial charge in [-0.1, -0.05) is 0 Å². The zero-order chi connectivity index (χ0) is 19.6. The van der Waals surface area contributed by atoms with E-state index in [1.165, 1.54) is 6.26 Å². The third-order valence-corrected chi connectivity index (χ3v) is 4.80. The summed E-state index contributed by atoms with van der Waals surface area (Å²) in [6.07, 6.45) is 3.12. The number of piperazine rings is 1. The van der Waals surface area contributed by atoms with E-state index in [0.29, 0.717) is 55.2 Å². The summed E-state index contributed by atoms with van der Waals surface area (Å²) in [5.41, 5.74) is 0.780. The first-order valence-corrected chi connectivity index (χ1v) is 9.20. The number of amides is 1. The van der Waals surface area contributed by atoms with Gasteiger partial charge in [-0.25, -0.2) is 0 Å². The number of hydrogen-bond acceptors (Lipinski definition) is 9. The molecule has 4 heterocycles. The molecule has 10 nitrogen and oxygen atoms in total. The molecule has 1 saturated heterocycles. The lowest BCUT2D eigenvalue weighted by molar-refractivity contribution is 0.0714. The Bertz CT molecular complexity index is 1020. The number of carbonyl (C=O) groups is 1. The van der Waals surface area contributed by atoms with Crippen LogP contribution in [0.1, 0.15) is 10.6 Å². The Morgan fingerprint density at radius 2 is 1.93 bits per heavy atom. The van der Waals surface area contributed by atoms with E-state index in [-0.39, 0.29) is 12.7 Å². The van der Waals surface area contributed by atoms with Crippen molar-refractivity contribution in [2.45, 2.75) is 0 Å². The maximum atomic E-state index is 12.4. The van der Waals surface area contributed by atoms with Crippen LogP contribution in [-0.4, -0.2) is 59.0 Å². The van der Waals surface area contributed by atoms with E-state index in [1.807, 2.05) is 18.2 Å². The van der Waals surface area contributed by atoms with Crippen molar-refractivity contribution in [3.05, 3.63) is 48.6 Å². The molecule has 10 heteroatoms. The maximum absolute atomic E-state index is 12.4.